The minimum Gasteiger partial charge on any atom is -0.462 e. The molecule has 0 amide bonds. The fourth-order valence-electron chi connectivity index (χ4n) is 3.53. The van der Waals surface area contributed by atoms with Crippen LogP contribution < -0.4 is 4.90 Å². The van der Waals surface area contributed by atoms with Crippen molar-refractivity contribution in [1.82, 2.24) is 14.3 Å². The highest BCUT2D eigenvalue weighted by molar-refractivity contribution is 7.89. The van der Waals surface area contributed by atoms with Gasteiger partial charge in [0.25, 0.3) is 0 Å². The maximum absolute atomic E-state index is 13.1. The molecule has 0 spiro atoms. The van der Waals surface area contributed by atoms with Gasteiger partial charge in [-0.15, -0.1) is 0 Å². The summed E-state index contributed by atoms with van der Waals surface area (Å²) in [4.78, 5) is 22.4. The first-order chi connectivity index (χ1) is 15.5. The van der Waals surface area contributed by atoms with Crippen LogP contribution in [-0.2, 0) is 14.8 Å². The molecular weight excluding hydrogens is 428 g/mol. The number of nitrogens with zero attached hydrogens (tertiary/aromatic N) is 4. The Morgan fingerprint density at radius 2 is 1.50 bits per heavy atom. The second-order valence-corrected chi connectivity index (χ2v) is 9.21. The zero-order valence-electron chi connectivity index (χ0n) is 17.7. The van der Waals surface area contributed by atoms with Gasteiger partial charge in [-0.2, -0.15) is 4.31 Å². The Morgan fingerprint density at radius 3 is 2.09 bits per heavy atom. The number of hydrogen-bond donors (Lipinski definition) is 0. The first-order valence-corrected chi connectivity index (χ1v) is 11.8. The van der Waals surface area contributed by atoms with Crippen LogP contribution in [0.1, 0.15) is 17.3 Å². The normalized spacial score (nSPS) is 14.8. The molecule has 1 aromatic heterocycles. The summed E-state index contributed by atoms with van der Waals surface area (Å²) in [5.74, 6) is -0.00411. The first kappa shape index (κ1) is 21.9. The third kappa shape index (κ3) is 4.63. The molecule has 9 heteroatoms. The van der Waals surface area contributed by atoms with E-state index in [1.165, 1.54) is 16.7 Å². The van der Waals surface area contributed by atoms with Crippen molar-refractivity contribution in [3.05, 3.63) is 72.6 Å². The van der Waals surface area contributed by atoms with E-state index in [9.17, 15) is 13.2 Å². The molecule has 0 radical (unpaired) electrons. The molecule has 0 bridgehead atoms. The summed E-state index contributed by atoms with van der Waals surface area (Å²) in [6.45, 7) is 3.59. The molecule has 0 aliphatic carbocycles. The Kier molecular flexibility index (Phi) is 6.48. The number of aromatic nitrogens is 2. The van der Waals surface area contributed by atoms with Crippen molar-refractivity contribution in [2.45, 2.75) is 11.8 Å². The van der Waals surface area contributed by atoms with Crippen molar-refractivity contribution < 1.29 is 17.9 Å². The molecule has 1 aliphatic heterocycles. The van der Waals surface area contributed by atoms with E-state index in [4.69, 9.17) is 4.74 Å². The summed E-state index contributed by atoms with van der Waals surface area (Å²) in [5, 5.41) is 0. The van der Waals surface area contributed by atoms with Gasteiger partial charge in [-0.05, 0) is 30.2 Å². The van der Waals surface area contributed by atoms with Crippen molar-refractivity contribution in [2.75, 3.05) is 37.7 Å². The van der Waals surface area contributed by atoms with Crippen LogP contribution in [0.3, 0.4) is 0 Å². The average molecular weight is 453 g/mol. The number of carbonyl (C=O) groups excluding carboxylic acids is 1. The van der Waals surface area contributed by atoms with Crippen LogP contribution in [0, 0.1) is 0 Å². The van der Waals surface area contributed by atoms with Crippen molar-refractivity contribution in [3.8, 4) is 11.1 Å². The third-order valence-corrected chi connectivity index (χ3v) is 7.18. The topological polar surface area (TPSA) is 92.7 Å². The molecule has 3 aromatic rings. The lowest BCUT2D eigenvalue weighted by Crippen LogP contribution is -2.49. The highest BCUT2D eigenvalue weighted by Crippen LogP contribution is 2.24. The van der Waals surface area contributed by atoms with Crippen LogP contribution >= 0.6 is 0 Å². The van der Waals surface area contributed by atoms with E-state index in [1.54, 1.807) is 19.1 Å². The number of piperazine rings is 1. The lowest BCUT2D eigenvalue weighted by molar-refractivity contribution is 0.0525. The molecule has 0 N–H and O–H groups in total. The van der Waals surface area contributed by atoms with Gasteiger partial charge in [0.15, 0.2) is 0 Å². The van der Waals surface area contributed by atoms with Crippen LogP contribution in [0.15, 0.2) is 71.9 Å². The number of sulfonamides is 1. The summed E-state index contributed by atoms with van der Waals surface area (Å²) in [6.07, 6.45) is 2.86. The lowest BCUT2D eigenvalue weighted by Gasteiger charge is -2.34. The molecule has 166 valence electrons. The largest absolute Gasteiger partial charge is 0.462 e. The van der Waals surface area contributed by atoms with Gasteiger partial charge in [-0.3, -0.25) is 0 Å². The van der Waals surface area contributed by atoms with E-state index >= 15 is 0 Å². The van der Waals surface area contributed by atoms with Gasteiger partial charge in [0.2, 0.25) is 16.0 Å². The quantitative estimate of drug-likeness (QED) is 0.531. The number of rotatable bonds is 6. The van der Waals surface area contributed by atoms with Gasteiger partial charge >= 0.3 is 5.97 Å². The Balaban J connectivity index is 1.40. The van der Waals surface area contributed by atoms with E-state index in [1.807, 2.05) is 47.4 Å². The smallest absolute Gasteiger partial charge is 0.341 e. The van der Waals surface area contributed by atoms with E-state index in [-0.39, 0.29) is 17.1 Å². The maximum Gasteiger partial charge on any atom is 0.341 e. The molecular formula is C23H24N4O4S. The summed E-state index contributed by atoms with van der Waals surface area (Å²) >= 11 is 0. The lowest BCUT2D eigenvalue weighted by atomic mass is 10.1. The van der Waals surface area contributed by atoms with Gasteiger partial charge in [0.1, 0.15) is 0 Å². The van der Waals surface area contributed by atoms with Crippen LogP contribution in [0.25, 0.3) is 11.1 Å². The Hall–Kier alpha value is -3.30. The minimum absolute atomic E-state index is 0.278. The van der Waals surface area contributed by atoms with E-state index in [2.05, 4.69) is 9.97 Å². The average Bonchev–Trinajstić information content (AvgIpc) is 2.85. The van der Waals surface area contributed by atoms with Crippen molar-refractivity contribution in [3.63, 3.8) is 0 Å². The van der Waals surface area contributed by atoms with Crippen LogP contribution in [0.4, 0.5) is 5.95 Å². The first-order valence-electron chi connectivity index (χ1n) is 10.4. The van der Waals surface area contributed by atoms with Gasteiger partial charge < -0.3 is 9.64 Å². The Bertz CT molecular complexity index is 1160. The fraction of sp³-hybridized carbons (Fsp3) is 0.261. The SMILES string of the molecule is CCOC(=O)c1cnc(N2CCN(S(=O)(=O)c3ccc(-c4ccccc4)cc3)CC2)nc1. The van der Waals surface area contributed by atoms with Crippen molar-refractivity contribution >= 4 is 21.9 Å². The molecule has 4 rings (SSSR count). The summed E-state index contributed by atoms with van der Waals surface area (Å²) in [5.41, 5.74) is 2.30. The number of benzene rings is 2. The van der Waals surface area contributed by atoms with E-state index in [0.29, 0.717) is 32.1 Å². The van der Waals surface area contributed by atoms with E-state index < -0.39 is 16.0 Å². The molecule has 1 fully saturated rings. The van der Waals surface area contributed by atoms with Crippen LogP contribution in [0.5, 0.6) is 0 Å². The molecule has 0 unspecified atom stereocenters. The van der Waals surface area contributed by atoms with Crippen molar-refractivity contribution in [2.24, 2.45) is 0 Å². The number of ether oxygens (including phenoxy) is 1. The number of hydrogen-bond acceptors (Lipinski definition) is 7. The number of esters is 1. The van der Waals surface area contributed by atoms with Gasteiger partial charge in [-0.25, -0.2) is 23.2 Å². The minimum atomic E-state index is -3.59. The molecule has 1 saturated heterocycles. The van der Waals surface area contributed by atoms with Gasteiger partial charge in [0, 0.05) is 38.6 Å². The molecule has 0 atom stereocenters. The second kappa shape index (κ2) is 9.46. The Morgan fingerprint density at radius 1 is 0.906 bits per heavy atom. The molecule has 2 heterocycles. The standard InChI is InChI=1S/C23H24N4O4S/c1-2-31-22(28)20-16-24-23(25-17-20)26-12-14-27(15-13-26)32(29,30)21-10-8-19(9-11-21)18-6-4-3-5-7-18/h3-11,16-17H,2,12-15H2,1H3. The zero-order valence-corrected chi connectivity index (χ0v) is 18.5. The van der Waals surface area contributed by atoms with Crippen LogP contribution in [-0.4, -0.2) is 61.4 Å². The van der Waals surface area contributed by atoms with Gasteiger partial charge in [-0.1, -0.05) is 42.5 Å². The highest BCUT2D eigenvalue weighted by atomic mass is 32.2. The second-order valence-electron chi connectivity index (χ2n) is 7.27. The predicted molar refractivity (Wildman–Crippen MR) is 121 cm³/mol. The summed E-state index contributed by atoms with van der Waals surface area (Å²) < 4.78 is 32.6. The number of anilines is 1. The summed E-state index contributed by atoms with van der Waals surface area (Å²) in [6, 6.07) is 16.8. The maximum atomic E-state index is 13.1. The summed E-state index contributed by atoms with van der Waals surface area (Å²) in [7, 11) is -3.59. The molecule has 32 heavy (non-hydrogen) atoms. The molecule has 2 aromatic carbocycles. The van der Waals surface area contributed by atoms with Gasteiger partial charge in [0.05, 0.1) is 17.1 Å². The molecule has 0 saturated carbocycles. The Labute approximate surface area is 187 Å². The van der Waals surface area contributed by atoms with E-state index in [0.717, 1.165) is 11.1 Å². The third-order valence-electron chi connectivity index (χ3n) is 5.27. The zero-order chi connectivity index (χ0) is 22.6. The number of carbonyl (C=O) groups is 1. The fourth-order valence-corrected chi connectivity index (χ4v) is 4.95. The molecule has 1 aliphatic rings. The highest BCUT2D eigenvalue weighted by Gasteiger charge is 2.29. The molecule has 8 nitrogen and oxygen atoms in total. The monoisotopic (exact) mass is 452 g/mol. The van der Waals surface area contributed by atoms with Crippen LogP contribution in [0.2, 0.25) is 0 Å². The van der Waals surface area contributed by atoms with Crippen molar-refractivity contribution in [1.29, 1.82) is 0 Å². The predicted octanol–water partition coefficient (Wildman–Crippen LogP) is 2.83.